The highest BCUT2D eigenvalue weighted by molar-refractivity contribution is 6.35. The minimum Gasteiger partial charge on any atom is -0.482 e. The van der Waals surface area contributed by atoms with E-state index >= 15 is 0 Å². The molecule has 26 heavy (non-hydrogen) atoms. The molecule has 0 aliphatic carbocycles. The van der Waals surface area contributed by atoms with Crippen LogP contribution in [-0.4, -0.2) is 48.3 Å². The molecule has 2 amide bonds. The average Bonchev–Trinajstić information content (AvgIpc) is 2.61. The zero-order chi connectivity index (χ0) is 19.3. The molecule has 1 heterocycles. The number of piperidine rings is 1. The van der Waals surface area contributed by atoms with E-state index in [1.807, 2.05) is 18.7 Å². The molecule has 0 radical (unpaired) electrons. The Labute approximate surface area is 168 Å². The van der Waals surface area contributed by atoms with E-state index in [0.717, 1.165) is 0 Å². The number of halogens is 3. The van der Waals surface area contributed by atoms with Crippen LogP contribution in [0.5, 0.6) is 5.75 Å². The van der Waals surface area contributed by atoms with E-state index in [9.17, 15) is 9.59 Å². The van der Waals surface area contributed by atoms with Gasteiger partial charge in [-0.25, -0.2) is 0 Å². The number of amides is 2. The van der Waals surface area contributed by atoms with Crippen molar-refractivity contribution in [2.45, 2.75) is 32.7 Å². The molecule has 1 aliphatic rings. The summed E-state index contributed by atoms with van der Waals surface area (Å²) < 4.78 is 5.43. The minimum absolute atomic E-state index is 0.0231. The highest BCUT2D eigenvalue weighted by atomic mass is 35.5. The number of likely N-dealkylation sites (tertiary alicyclic amines) is 1. The number of rotatable bonds is 6. The van der Waals surface area contributed by atoms with Crippen LogP contribution >= 0.6 is 34.8 Å². The maximum Gasteiger partial charge on any atom is 0.258 e. The van der Waals surface area contributed by atoms with Crippen LogP contribution in [0.3, 0.4) is 0 Å². The lowest BCUT2D eigenvalue weighted by atomic mass is 9.92. The zero-order valence-electron chi connectivity index (χ0n) is 14.9. The normalized spacial score (nSPS) is 15.7. The third-order valence-corrected chi connectivity index (χ3v) is 5.51. The fourth-order valence-corrected chi connectivity index (χ4v) is 3.29. The largest absolute Gasteiger partial charge is 0.482 e. The summed E-state index contributed by atoms with van der Waals surface area (Å²) in [5.74, 6) is 0.530. The zero-order valence-corrected chi connectivity index (χ0v) is 17.1. The summed E-state index contributed by atoms with van der Waals surface area (Å²) >= 11 is 17.7. The van der Waals surface area contributed by atoms with Crippen molar-refractivity contribution in [3.63, 3.8) is 0 Å². The van der Waals surface area contributed by atoms with Gasteiger partial charge in [0.15, 0.2) is 6.61 Å². The number of nitrogens with one attached hydrogen (secondary N) is 1. The molecule has 144 valence electrons. The number of nitrogens with zero attached hydrogens (tertiary/aromatic N) is 1. The fraction of sp³-hybridized carbons (Fsp3) is 0.556. The van der Waals surface area contributed by atoms with E-state index < -0.39 is 5.41 Å². The van der Waals surface area contributed by atoms with Crippen LogP contribution in [-0.2, 0) is 9.59 Å². The molecular weight excluding hydrogens is 399 g/mol. The third kappa shape index (κ3) is 5.66. The van der Waals surface area contributed by atoms with E-state index in [1.165, 1.54) is 0 Å². The first kappa shape index (κ1) is 21.1. The summed E-state index contributed by atoms with van der Waals surface area (Å²) in [4.78, 5) is 26.3. The van der Waals surface area contributed by atoms with Gasteiger partial charge in [0.25, 0.3) is 5.91 Å². The third-order valence-electron chi connectivity index (χ3n) is 4.31. The van der Waals surface area contributed by atoms with Gasteiger partial charge in [-0.3, -0.25) is 9.59 Å². The lowest BCUT2D eigenvalue weighted by Crippen LogP contribution is -2.50. The van der Waals surface area contributed by atoms with Crippen LogP contribution in [0.1, 0.15) is 26.7 Å². The van der Waals surface area contributed by atoms with Crippen LogP contribution in [0, 0.1) is 5.41 Å². The van der Waals surface area contributed by atoms with Crippen molar-refractivity contribution in [1.82, 2.24) is 10.2 Å². The Hall–Kier alpha value is -1.17. The number of carbonyl (C=O) groups excluding carboxylic acids is 2. The summed E-state index contributed by atoms with van der Waals surface area (Å²) in [6.07, 6.45) is 1.41. The molecule has 0 atom stereocenters. The van der Waals surface area contributed by atoms with E-state index in [-0.39, 0.29) is 30.3 Å². The predicted molar refractivity (Wildman–Crippen MR) is 104 cm³/mol. The molecule has 2 rings (SSSR count). The van der Waals surface area contributed by atoms with Crippen LogP contribution in [0.15, 0.2) is 18.2 Å². The molecule has 1 aliphatic heterocycles. The molecule has 0 aromatic heterocycles. The number of ether oxygens (including phenoxy) is 1. The first-order valence-corrected chi connectivity index (χ1v) is 9.74. The van der Waals surface area contributed by atoms with Gasteiger partial charge in [-0.15, -0.1) is 11.6 Å². The second-order valence-electron chi connectivity index (χ2n) is 7.01. The number of hydrogen-bond acceptors (Lipinski definition) is 3. The first-order chi connectivity index (χ1) is 12.2. The average molecular weight is 422 g/mol. The number of carbonyl (C=O) groups is 2. The van der Waals surface area contributed by atoms with Crippen molar-refractivity contribution in [3.8, 4) is 5.75 Å². The topological polar surface area (TPSA) is 58.6 Å². The maximum absolute atomic E-state index is 12.4. The number of hydrogen-bond donors (Lipinski definition) is 1. The predicted octanol–water partition coefficient (Wildman–Crippen LogP) is 3.74. The van der Waals surface area contributed by atoms with Gasteiger partial charge in [-0.1, -0.05) is 23.2 Å². The van der Waals surface area contributed by atoms with Gasteiger partial charge < -0.3 is 15.0 Å². The molecule has 8 heteroatoms. The molecular formula is C18H23Cl3N2O3. The Bertz CT molecular complexity index is 659. The Morgan fingerprint density at radius 1 is 1.27 bits per heavy atom. The van der Waals surface area contributed by atoms with Gasteiger partial charge in [0.05, 0.1) is 10.4 Å². The summed E-state index contributed by atoms with van der Waals surface area (Å²) in [5, 5.41) is 3.80. The summed E-state index contributed by atoms with van der Waals surface area (Å²) in [6.45, 7) is 4.77. The van der Waals surface area contributed by atoms with Crippen LogP contribution in [0.2, 0.25) is 10.0 Å². The van der Waals surface area contributed by atoms with Crippen molar-refractivity contribution >= 4 is 46.6 Å². The standard InChI is InChI=1S/C18H23Cl3N2O3/c1-18(2,11-19)17(25)23-7-5-13(6-8-23)22-16(24)10-26-15-4-3-12(20)9-14(15)21/h3-4,9,13H,5-8,10-11H2,1-2H3,(H,22,24). The van der Waals surface area contributed by atoms with Crippen molar-refractivity contribution in [2.75, 3.05) is 25.6 Å². The fourth-order valence-electron chi connectivity index (χ4n) is 2.72. The molecule has 1 aromatic rings. The van der Waals surface area contributed by atoms with E-state index in [0.29, 0.717) is 41.7 Å². The minimum atomic E-state index is -0.566. The smallest absolute Gasteiger partial charge is 0.258 e. The molecule has 1 N–H and O–H groups in total. The lowest BCUT2D eigenvalue weighted by molar-refractivity contribution is -0.140. The monoisotopic (exact) mass is 420 g/mol. The summed E-state index contributed by atoms with van der Waals surface area (Å²) in [7, 11) is 0. The van der Waals surface area contributed by atoms with Gasteiger partial charge in [-0.05, 0) is 44.9 Å². The second kappa shape index (κ2) is 9.16. The Balaban J connectivity index is 1.76. The molecule has 5 nitrogen and oxygen atoms in total. The number of benzene rings is 1. The quantitative estimate of drug-likeness (QED) is 0.712. The highest BCUT2D eigenvalue weighted by Gasteiger charge is 2.33. The summed E-state index contributed by atoms with van der Waals surface area (Å²) in [5.41, 5.74) is -0.566. The van der Waals surface area contributed by atoms with Crippen molar-refractivity contribution in [1.29, 1.82) is 0 Å². The Morgan fingerprint density at radius 3 is 2.50 bits per heavy atom. The van der Waals surface area contributed by atoms with Crippen molar-refractivity contribution in [3.05, 3.63) is 28.2 Å². The molecule has 0 saturated carbocycles. The molecule has 1 aromatic carbocycles. The van der Waals surface area contributed by atoms with Gasteiger partial charge in [0, 0.05) is 30.0 Å². The maximum atomic E-state index is 12.4. The van der Waals surface area contributed by atoms with E-state index in [1.54, 1.807) is 18.2 Å². The SMILES string of the molecule is CC(C)(CCl)C(=O)N1CCC(NC(=O)COc2ccc(Cl)cc2Cl)CC1. The Kier molecular flexibility index (Phi) is 7.44. The lowest BCUT2D eigenvalue weighted by Gasteiger charge is -2.36. The number of alkyl halides is 1. The highest BCUT2D eigenvalue weighted by Crippen LogP contribution is 2.27. The second-order valence-corrected chi connectivity index (χ2v) is 8.13. The van der Waals surface area contributed by atoms with Gasteiger partial charge in [0.2, 0.25) is 5.91 Å². The molecule has 0 bridgehead atoms. The summed E-state index contributed by atoms with van der Waals surface area (Å²) in [6, 6.07) is 4.86. The van der Waals surface area contributed by atoms with Crippen molar-refractivity contribution in [2.24, 2.45) is 5.41 Å². The van der Waals surface area contributed by atoms with Gasteiger partial charge in [0.1, 0.15) is 5.75 Å². The van der Waals surface area contributed by atoms with Crippen LogP contribution in [0.4, 0.5) is 0 Å². The molecule has 0 spiro atoms. The van der Waals surface area contributed by atoms with Crippen LogP contribution in [0.25, 0.3) is 0 Å². The van der Waals surface area contributed by atoms with Crippen molar-refractivity contribution < 1.29 is 14.3 Å². The first-order valence-electron chi connectivity index (χ1n) is 8.45. The van der Waals surface area contributed by atoms with E-state index in [2.05, 4.69) is 5.32 Å². The molecule has 1 saturated heterocycles. The van der Waals surface area contributed by atoms with Crippen LogP contribution < -0.4 is 10.1 Å². The van der Waals surface area contributed by atoms with E-state index in [4.69, 9.17) is 39.5 Å². The Morgan fingerprint density at radius 2 is 1.92 bits per heavy atom. The molecule has 0 unspecified atom stereocenters. The van der Waals surface area contributed by atoms with Gasteiger partial charge >= 0.3 is 0 Å². The molecule has 1 fully saturated rings. The van der Waals surface area contributed by atoms with Gasteiger partial charge in [-0.2, -0.15) is 0 Å².